The van der Waals surface area contributed by atoms with E-state index in [4.69, 9.17) is 14.6 Å². The van der Waals surface area contributed by atoms with Crippen LogP contribution in [0.15, 0.2) is 59.8 Å². The molecule has 0 spiro atoms. The third-order valence-electron chi connectivity index (χ3n) is 6.30. The van der Waals surface area contributed by atoms with Crippen LogP contribution in [0.2, 0.25) is 0 Å². The number of halogens is 3. The van der Waals surface area contributed by atoms with E-state index in [1.807, 2.05) is 55.8 Å². The topological polar surface area (TPSA) is 102 Å². The molecule has 2 unspecified atom stereocenters. The first kappa shape index (κ1) is 25.7. The Kier molecular flexibility index (Phi) is 6.84. The number of aryl methyl sites for hydroxylation is 1. The van der Waals surface area contributed by atoms with Gasteiger partial charge in [0.1, 0.15) is 5.75 Å². The van der Waals surface area contributed by atoms with Gasteiger partial charge in [0.2, 0.25) is 0 Å². The van der Waals surface area contributed by atoms with Crippen molar-refractivity contribution in [2.75, 3.05) is 20.2 Å². The lowest BCUT2D eigenvalue weighted by molar-refractivity contribution is -0.192. The number of rotatable bonds is 4. The van der Waals surface area contributed by atoms with Gasteiger partial charge in [-0.3, -0.25) is 9.58 Å². The van der Waals surface area contributed by atoms with Crippen LogP contribution in [-0.2, 0) is 28.2 Å². The van der Waals surface area contributed by atoms with Crippen molar-refractivity contribution in [1.29, 1.82) is 0 Å². The maximum Gasteiger partial charge on any atom is 0.490 e. The quantitative estimate of drug-likeness (QED) is 0.559. The Morgan fingerprint density at radius 2 is 1.81 bits per heavy atom. The minimum atomic E-state index is -5.08. The van der Waals surface area contributed by atoms with Gasteiger partial charge in [0, 0.05) is 44.4 Å². The summed E-state index contributed by atoms with van der Waals surface area (Å²) in [5, 5.41) is 11.0. The van der Waals surface area contributed by atoms with Crippen LogP contribution >= 0.6 is 0 Å². The average Bonchev–Trinajstić information content (AvgIpc) is 3.50. The molecule has 8 nitrogen and oxygen atoms in total. The van der Waals surface area contributed by atoms with Crippen LogP contribution in [0.5, 0.6) is 5.75 Å². The average molecular weight is 524 g/mol. The SMILES string of the molecule is COc1ccc(CN2CC3c4cc(-c5cnn(C)c5)ccc4S(=O)(=O)C3C2)cc1.O=C(O)C(F)(F)F. The highest BCUT2D eigenvalue weighted by Gasteiger charge is 2.50. The molecule has 12 heteroatoms. The number of carbonyl (C=O) groups is 1. The number of ether oxygens (including phenoxy) is 1. The fourth-order valence-corrected chi connectivity index (χ4v) is 6.79. The van der Waals surface area contributed by atoms with Crippen LogP contribution in [0.4, 0.5) is 13.2 Å². The van der Waals surface area contributed by atoms with Gasteiger partial charge in [0.05, 0.1) is 23.5 Å². The number of hydrogen-bond acceptors (Lipinski definition) is 6. The highest BCUT2D eigenvalue weighted by Crippen LogP contribution is 2.46. The number of aromatic nitrogens is 2. The van der Waals surface area contributed by atoms with E-state index in [2.05, 4.69) is 10.00 Å². The monoisotopic (exact) mass is 523 g/mol. The van der Waals surface area contributed by atoms with E-state index in [1.54, 1.807) is 17.9 Å². The molecule has 2 aromatic carbocycles. The van der Waals surface area contributed by atoms with Crippen LogP contribution in [0.3, 0.4) is 0 Å². The second-order valence-corrected chi connectivity index (χ2v) is 10.8. The third kappa shape index (κ3) is 5.09. The second kappa shape index (κ2) is 9.58. The number of methoxy groups -OCH3 is 1. The van der Waals surface area contributed by atoms with Gasteiger partial charge in [-0.05, 0) is 41.0 Å². The predicted molar refractivity (Wildman–Crippen MR) is 124 cm³/mol. The Bertz CT molecular complexity index is 1370. The molecule has 1 saturated heterocycles. The number of hydrogen-bond donors (Lipinski definition) is 1. The van der Waals surface area contributed by atoms with Crippen molar-refractivity contribution in [3.63, 3.8) is 0 Å². The maximum absolute atomic E-state index is 13.1. The van der Waals surface area contributed by atoms with Gasteiger partial charge in [-0.15, -0.1) is 0 Å². The number of aliphatic carboxylic acids is 1. The molecule has 0 radical (unpaired) electrons. The number of fused-ring (bicyclic) bond motifs is 3. The first-order valence-corrected chi connectivity index (χ1v) is 12.5. The number of alkyl halides is 3. The first-order valence-electron chi connectivity index (χ1n) is 10.9. The molecular weight excluding hydrogens is 499 g/mol. The molecule has 5 rings (SSSR count). The highest BCUT2D eigenvalue weighted by atomic mass is 32.2. The van der Waals surface area contributed by atoms with Gasteiger partial charge in [0.15, 0.2) is 9.84 Å². The lowest BCUT2D eigenvalue weighted by atomic mass is 9.95. The zero-order valence-electron chi connectivity index (χ0n) is 19.4. The third-order valence-corrected chi connectivity index (χ3v) is 8.56. The summed E-state index contributed by atoms with van der Waals surface area (Å²) in [5.41, 5.74) is 4.13. The van der Waals surface area contributed by atoms with Crippen molar-refractivity contribution in [1.82, 2.24) is 14.7 Å². The van der Waals surface area contributed by atoms with E-state index in [0.717, 1.165) is 41.1 Å². The Balaban J connectivity index is 0.000000384. The number of carboxylic acid groups (broad SMARTS) is 1. The molecule has 2 atom stereocenters. The Morgan fingerprint density at radius 1 is 1.14 bits per heavy atom. The molecule has 192 valence electrons. The molecule has 1 N–H and O–H groups in total. The Hall–Kier alpha value is -3.38. The van der Waals surface area contributed by atoms with Crippen molar-refractivity contribution in [3.05, 3.63) is 66.0 Å². The number of benzene rings is 2. The second-order valence-electron chi connectivity index (χ2n) is 8.69. The zero-order valence-corrected chi connectivity index (χ0v) is 20.3. The molecule has 3 heterocycles. The van der Waals surface area contributed by atoms with E-state index >= 15 is 0 Å². The zero-order chi connectivity index (χ0) is 26.3. The summed E-state index contributed by atoms with van der Waals surface area (Å²) in [5.74, 6) is -1.91. The summed E-state index contributed by atoms with van der Waals surface area (Å²) in [6.07, 6.45) is -1.32. The van der Waals surface area contributed by atoms with Crippen LogP contribution < -0.4 is 4.74 Å². The standard InChI is InChI=1S/C22H23N3O3S.C2HF3O2/c1-24-12-17(10-23-24)16-5-8-21-19(9-16)20-13-25(14-22(20)29(21,26)27)11-15-3-6-18(28-2)7-4-15;3-2(4,5)1(6)7/h3-10,12,20,22H,11,13-14H2,1-2H3;(H,6,7). The van der Waals surface area contributed by atoms with E-state index < -0.39 is 22.0 Å². The van der Waals surface area contributed by atoms with Gasteiger partial charge >= 0.3 is 12.1 Å². The van der Waals surface area contributed by atoms with Gasteiger partial charge in [-0.1, -0.05) is 18.2 Å². The molecule has 3 aromatic rings. The molecule has 0 amide bonds. The first-order chi connectivity index (χ1) is 16.9. The molecule has 1 aromatic heterocycles. The summed E-state index contributed by atoms with van der Waals surface area (Å²) in [6.45, 7) is 2.06. The Labute approximate surface area is 205 Å². The van der Waals surface area contributed by atoms with Crippen LogP contribution in [-0.4, -0.2) is 65.8 Å². The molecule has 0 bridgehead atoms. The molecule has 1 fully saturated rings. The maximum atomic E-state index is 13.1. The number of nitrogens with zero attached hydrogens (tertiary/aromatic N) is 3. The minimum Gasteiger partial charge on any atom is -0.497 e. The van der Waals surface area contributed by atoms with Gasteiger partial charge in [-0.2, -0.15) is 18.3 Å². The van der Waals surface area contributed by atoms with E-state index in [1.165, 1.54) is 0 Å². The van der Waals surface area contributed by atoms with Crippen molar-refractivity contribution < 1.29 is 36.2 Å². The highest BCUT2D eigenvalue weighted by molar-refractivity contribution is 7.92. The summed E-state index contributed by atoms with van der Waals surface area (Å²) in [7, 11) is 0.237. The molecule has 36 heavy (non-hydrogen) atoms. The van der Waals surface area contributed by atoms with Crippen LogP contribution in [0, 0.1) is 0 Å². The number of carboxylic acids is 1. The Morgan fingerprint density at radius 3 is 2.36 bits per heavy atom. The molecule has 0 saturated carbocycles. The molecule has 0 aliphatic carbocycles. The fraction of sp³-hybridized carbons (Fsp3) is 0.333. The smallest absolute Gasteiger partial charge is 0.490 e. The predicted octanol–water partition coefficient (Wildman–Crippen LogP) is 3.48. The van der Waals surface area contributed by atoms with Crippen molar-refractivity contribution >= 4 is 15.8 Å². The van der Waals surface area contributed by atoms with E-state index in [9.17, 15) is 21.6 Å². The van der Waals surface area contributed by atoms with Gasteiger partial charge in [0.25, 0.3) is 0 Å². The van der Waals surface area contributed by atoms with Gasteiger partial charge in [-0.25, -0.2) is 13.2 Å². The van der Waals surface area contributed by atoms with Gasteiger partial charge < -0.3 is 9.84 Å². The lowest BCUT2D eigenvalue weighted by Crippen LogP contribution is -2.25. The minimum absolute atomic E-state index is 0.0184. The summed E-state index contributed by atoms with van der Waals surface area (Å²) in [4.78, 5) is 11.6. The molecular formula is C24H24F3N3O5S. The summed E-state index contributed by atoms with van der Waals surface area (Å²) < 4.78 is 65.0. The summed E-state index contributed by atoms with van der Waals surface area (Å²) in [6, 6.07) is 13.7. The summed E-state index contributed by atoms with van der Waals surface area (Å²) >= 11 is 0. The number of sulfone groups is 1. The van der Waals surface area contributed by atoms with Crippen molar-refractivity contribution in [3.8, 4) is 16.9 Å². The van der Waals surface area contributed by atoms with Crippen LogP contribution in [0.25, 0.3) is 11.1 Å². The van der Waals surface area contributed by atoms with Crippen molar-refractivity contribution in [2.45, 2.75) is 28.8 Å². The number of likely N-dealkylation sites (tertiary alicyclic amines) is 1. The van der Waals surface area contributed by atoms with Crippen molar-refractivity contribution in [2.24, 2.45) is 7.05 Å². The molecule has 2 aliphatic heterocycles. The van der Waals surface area contributed by atoms with E-state index in [-0.39, 0.29) is 11.2 Å². The lowest BCUT2D eigenvalue weighted by Gasteiger charge is -2.17. The van der Waals surface area contributed by atoms with E-state index in [0.29, 0.717) is 11.4 Å². The molecule has 2 aliphatic rings. The largest absolute Gasteiger partial charge is 0.497 e. The normalized spacial score (nSPS) is 20.2. The van der Waals surface area contributed by atoms with Crippen LogP contribution in [0.1, 0.15) is 17.0 Å². The fourth-order valence-electron chi connectivity index (χ4n) is 4.59.